The number of amides is 1. The smallest absolute Gasteiger partial charge is 0.219 e. The highest BCUT2D eigenvalue weighted by Crippen LogP contribution is 2.41. The lowest BCUT2D eigenvalue weighted by molar-refractivity contribution is -0.133. The van der Waals surface area contributed by atoms with Crippen LogP contribution in [-0.2, 0) is 16.8 Å². The fourth-order valence-corrected chi connectivity index (χ4v) is 4.91. The number of imidazole rings is 1. The summed E-state index contributed by atoms with van der Waals surface area (Å²) in [6, 6.07) is 5.95. The number of aromatic amines is 1. The second-order valence-corrected chi connectivity index (χ2v) is 10.4. The van der Waals surface area contributed by atoms with Crippen LogP contribution in [0.25, 0.3) is 5.57 Å². The molecule has 2 aromatic rings. The van der Waals surface area contributed by atoms with Gasteiger partial charge in [0.05, 0.1) is 11.8 Å². The first kappa shape index (κ1) is 24.0. The number of piperidine rings is 1. The maximum Gasteiger partial charge on any atom is 0.219 e. The van der Waals surface area contributed by atoms with Gasteiger partial charge in [-0.1, -0.05) is 38.0 Å². The molecule has 0 radical (unpaired) electrons. The van der Waals surface area contributed by atoms with Crippen LogP contribution in [0.1, 0.15) is 85.9 Å². The number of hydrogen-bond donors (Lipinski definition) is 2. The molecule has 0 spiro atoms. The molecule has 2 aliphatic rings. The zero-order valence-electron chi connectivity index (χ0n) is 20.3. The summed E-state index contributed by atoms with van der Waals surface area (Å²) < 4.78 is 0. The maximum atomic E-state index is 13.0. The van der Waals surface area contributed by atoms with E-state index in [4.69, 9.17) is 6.42 Å². The number of Topliss-reactive ketones (excluding diaryl/α,β-unsaturated/α-hetero) is 1. The number of ketones is 1. The summed E-state index contributed by atoms with van der Waals surface area (Å²) in [6.45, 7) is 7.18. The molecular formula is C28H33N3O3. The van der Waals surface area contributed by atoms with Crippen molar-refractivity contribution in [2.24, 2.45) is 5.41 Å². The topological polar surface area (TPSA) is 86.3 Å². The van der Waals surface area contributed by atoms with Crippen LogP contribution in [0.2, 0.25) is 0 Å². The van der Waals surface area contributed by atoms with Crippen LogP contribution in [0.15, 0.2) is 30.5 Å². The molecule has 1 aromatic heterocycles. The molecule has 6 nitrogen and oxygen atoms in total. The standard InChI is InChI=1S/C28H33N3O3/c1-5-23-18-29-26(30-23)25(33)16-21-6-7-22(28(34)12-14-31(15-13-28)19(2)32)17-24(21)20-8-10-27(3,4)11-9-20/h1,6-8,17-18,34H,9-16H2,2-4H3,(H,29,30). The lowest BCUT2D eigenvalue weighted by atomic mass is 9.75. The largest absolute Gasteiger partial charge is 0.385 e. The number of rotatable bonds is 5. The fraction of sp³-hybridized carbons (Fsp3) is 0.464. The molecule has 34 heavy (non-hydrogen) atoms. The summed E-state index contributed by atoms with van der Waals surface area (Å²) >= 11 is 0. The first-order valence-corrected chi connectivity index (χ1v) is 12.0. The zero-order valence-corrected chi connectivity index (χ0v) is 20.3. The lowest BCUT2D eigenvalue weighted by Crippen LogP contribution is -2.44. The monoisotopic (exact) mass is 459 g/mol. The summed E-state index contributed by atoms with van der Waals surface area (Å²) in [5.74, 6) is 2.64. The number of allylic oxidation sites excluding steroid dienone is 2. The Labute approximate surface area is 201 Å². The van der Waals surface area contributed by atoms with Gasteiger partial charge in [0.15, 0.2) is 5.82 Å². The average Bonchev–Trinajstić information content (AvgIpc) is 3.29. The Morgan fingerprint density at radius 2 is 1.97 bits per heavy atom. The van der Waals surface area contributed by atoms with Crippen molar-refractivity contribution >= 4 is 17.3 Å². The number of nitrogens with zero attached hydrogens (tertiary/aromatic N) is 2. The van der Waals surface area contributed by atoms with Crippen molar-refractivity contribution in [3.05, 3.63) is 58.7 Å². The van der Waals surface area contributed by atoms with E-state index in [0.29, 0.717) is 31.6 Å². The molecule has 1 aliphatic heterocycles. The molecule has 178 valence electrons. The first-order chi connectivity index (χ1) is 16.1. The summed E-state index contributed by atoms with van der Waals surface area (Å²) in [7, 11) is 0. The maximum absolute atomic E-state index is 13.0. The molecule has 0 atom stereocenters. The minimum Gasteiger partial charge on any atom is -0.385 e. The summed E-state index contributed by atoms with van der Waals surface area (Å²) in [4.78, 5) is 33.5. The average molecular weight is 460 g/mol. The molecule has 4 rings (SSSR count). The number of likely N-dealkylation sites (tertiary alicyclic amines) is 1. The van der Waals surface area contributed by atoms with Gasteiger partial charge in [0, 0.05) is 26.4 Å². The van der Waals surface area contributed by atoms with E-state index < -0.39 is 5.60 Å². The summed E-state index contributed by atoms with van der Waals surface area (Å²) in [5.41, 5.74) is 3.76. The van der Waals surface area contributed by atoms with Crippen molar-refractivity contribution in [3.8, 4) is 12.3 Å². The number of benzene rings is 1. The van der Waals surface area contributed by atoms with Gasteiger partial charge in [0.25, 0.3) is 0 Å². The Morgan fingerprint density at radius 1 is 1.24 bits per heavy atom. The Hall–Kier alpha value is -3.17. The molecular weight excluding hydrogens is 426 g/mol. The van der Waals surface area contributed by atoms with Gasteiger partial charge in [-0.2, -0.15) is 0 Å². The highest BCUT2D eigenvalue weighted by Gasteiger charge is 2.35. The minimum absolute atomic E-state index is 0.0393. The highest BCUT2D eigenvalue weighted by molar-refractivity contribution is 5.95. The molecule has 2 heterocycles. The molecule has 1 amide bonds. The van der Waals surface area contributed by atoms with E-state index in [0.717, 1.165) is 36.0 Å². The van der Waals surface area contributed by atoms with Gasteiger partial charge in [-0.05, 0) is 65.8 Å². The third-order valence-corrected chi connectivity index (χ3v) is 7.35. The normalized spacial score (nSPS) is 19.3. The van der Waals surface area contributed by atoms with Crippen molar-refractivity contribution in [3.63, 3.8) is 0 Å². The van der Waals surface area contributed by atoms with E-state index in [1.807, 2.05) is 12.1 Å². The van der Waals surface area contributed by atoms with Gasteiger partial charge >= 0.3 is 0 Å². The van der Waals surface area contributed by atoms with Gasteiger partial charge in [0.2, 0.25) is 11.7 Å². The molecule has 0 bridgehead atoms. The minimum atomic E-state index is -0.986. The van der Waals surface area contributed by atoms with E-state index in [1.54, 1.807) is 11.8 Å². The van der Waals surface area contributed by atoms with Crippen LogP contribution >= 0.6 is 0 Å². The number of carbonyl (C=O) groups excluding carboxylic acids is 2. The van der Waals surface area contributed by atoms with E-state index in [1.165, 1.54) is 11.8 Å². The molecule has 1 aromatic carbocycles. The lowest BCUT2D eigenvalue weighted by Gasteiger charge is -2.38. The number of H-pyrrole nitrogens is 1. The van der Waals surface area contributed by atoms with Crippen molar-refractivity contribution in [1.29, 1.82) is 0 Å². The Kier molecular flexibility index (Phi) is 6.51. The Morgan fingerprint density at radius 3 is 2.56 bits per heavy atom. The second kappa shape index (κ2) is 9.23. The third-order valence-electron chi connectivity index (χ3n) is 7.35. The van der Waals surface area contributed by atoms with E-state index in [-0.39, 0.29) is 29.4 Å². The number of aliphatic hydroxyl groups is 1. The van der Waals surface area contributed by atoms with E-state index in [9.17, 15) is 14.7 Å². The van der Waals surface area contributed by atoms with Crippen LogP contribution in [0.4, 0.5) is 0 Å². The van der Waals surface area contributed by atoms with Gasteiger partial charge < -0.3 is 15.0 Å². The molecule has 1 fully saturated rings. The van der Waals surface area contributed by atoms with Crippen molar-refractivity contribution in [2.45, 2.75) is 64.9 Å². The number of hydrogen-bond acceptors (Lipinski definition) is 4. The predicted molar refractivity (Wildman–Crippen MR) is 132 cm³/mol. The number of nitrogens with one attached hydrogen (secondary N) is 1. The fourth-order valence-electron chi connectivity index (χ4n) is 4.91. The molecule has 1 saturated heterocycles. The van der Waals surface area contributed by atoms with E-state index in [2.05, 4.69) is 41.9 Å². The summed E-state index contributed by atoms with van der Waals surface area (Å²) in [5, 5.41) is 11.5. The zero-order chi connectivity index (χ0) is 24.5. The Balaban J connectivity index is 1.66. The quantitative estimate of drug-likeness (QED) is 0.517. The van der Waals surface area contributed by atoms with Crippen LogP contribution in [0.3, 0.4) is 0 Å². The van der Waals surface area contributed by atoms with Crippen LogP contribution in [-0.4, -0.2) is 44.8 Å². The summed E-state index contributed by atoms with van der Waals surface area (Å²) in [6.07, 6.45) is 13.3. The van der Waals surface area contributed by atoms with Crippen molar-refractivity contribution in [2.75, 3.05) is 13.1 Å². The molecule has 1 aliphatic carbocycles. The predicted octanol–water partition coefficient (Wildman–Crippen LogP) is 4.24. The Bertz CT molecular complexity index is 1170. The van der Waals surface area contributed by atoms with E-state index >= 15 is 0 Å². The van der Waals surface area contributed by atoms with Crippen LogP contribution in [0.5, 0.6) is 0 Å². The van der Waals surface area contributed by atoms with Crippen molar-refractivity contribution < 1.29 is 14.7 Å². The molecule has 0 saturated carbocycles. The van der Waals surface area contributed by atoms with Gasteiger partial charge in [0.1, 0.15) is 5.69 Å². The van der Waals surface area contributed by atoms with Gasteiger partial charge in [-0.25, -0.2) is 4.98 Å². The second-order valence-electron chi connectivity index (χ2n) is 10.4. The third kappa shape index (κ3) is 5.00. The van der Waals surface area contributed by atoms with Gasteiger partial charge in [-0.3, -0.25) is 9.59 Å². The van der Waals surface area contributed by atoms with Crippen LogP contribution in [0, 0.1) is 17.8 Å². The molecule has 2 N–H and O–H groups in total. The highest BCUT2D eigenvalue weighted by atomic mass is 16.3. The number of terminal acetylenes is 1. The van der Waals surface area contributed by atoms with Crippen molar-refractivity contribution in [1.82, 2.24) is 14.9 Å². The molecule has 6 heteroatoms. The van der Waals surface area contributed by atoms with Crippen LogP contribution < -0.4 is 0 Å². The first-order valence-electron chi connectivity index (χ1n) is 12.0. The number of aromatic nitrogens is 2. The van der Waals surface area contributed by atoms with Gasteiger partial charge in [-0.15, -0.1) is 6.42 Å². The SMILES string of the molecule is C#Cc1cnc(C(=O)Cc2ccc(C3(O)CCN(C(C)=O)CC3)cc2C2=CCC(C)(C)CC2)[nH]1. The molecule has 0 unspecified atom stereocenters. The number of carbonyl (C=O) groups is 2.